The highest BCUT2D eigenvalue weighted by Gasteiger charge is 2.56. The molecule has 0 aliphatic heterocycles. The standard InChI is InChI=1S/C19H26F8O/c20-10-1-3-12(14(22)7-10)9-5-16(24)18(17(25)6-9)19(26,27)28-11-2-4-13(21)15(23)8-11/h9-18H,1-8H2. The first-order valence-electron chi connectivity index (χ1n) is 9.98. The van der Waals surface area contributed by atoms with E-state index in [1.54, 1.807) is 0 Å². The van der Waals surface area contributed by atoms with Crippen LogP contribution >= 0.6 is 0 Å². The van der Waals surface area contributed by atoms with Crippen molar-refractivity contribution >= 4 is 0 Å². The molecule has 0 aromatic rings. The van der Waals surface area contributed by atoms with Crippen molar-refractivity contribution in [2.24, 2.45) is 17.8 Å². The predicted molar refractivity (Wildman–Crippen MR) is 86.6 cm³/mol. The van der Waals surface area contributed by atoms with Crippen molar-refractivity contribution in [1.82, 2.24) is 0 Å². The Labute approximate surface area is 159 Å². The van der Waals surface area contributed by atoms with Gasteiger partial charge in [0.05, 0.1) is 6.10 Å². The first-order valence-corrected chi connectivity index (χ1v) is 9.98. The molecule has 3 aliphatic carbocycles. The molecule has 0 bridgehead atoms. The third-order valence-electron chi connectivity index (χ3n) is 6.56. The topological polar surface area (TPSA) is 9.23 Å². The van der Waals surface area contributed by atoms with Gasteiger partial charge in [-0.15, -0.1) is 0 Å². The van der Waals surface area contributed by atoms with Crippen molar-refractivity contribution in [3.63, 3.8) is 0 Å². The van der Waals surface area contributed by atoms with Crippen LogP contribution in [0.5, 0.6) is 0 Å². The second-order valence-corrected chi connectivity index (χ2v) is 8.53. The van der Waals surface area contributed by atoms with Crippen LogP contribution in [0.1, 0.15) is 51.4 Å². The lowest BCUT2D eigenvalue weighted by atomic mass is 9.68. The molecule has 164 valence electrons. The Bertz CT molecular complexity index is 508. The van der Waals surface area contributed by atoms with Gasteiger partial charge < -0.3 is 4.74 Å². The van der Waals surface area contributed by atoms with Crippen LogP contribution in [0.2, 0.25) is 0 Å². The number of rotatable bonds is 4. The van der Waals surface area contributed by atoms with Gasteiger partial charge in [0, 0.05) is 12.8 Å². The molecule has 0 amide bonds. The summed E-state index contributed by atoms with van der Waals surface area (Å²) in [5, 5.41) is 0. The lowest BCUT2D eigenvalue weighted by molar-refractivity contribution is -0.321. The summed E-state index contributed by atoms with van der Waals surface area (Å²) >= 11 is 0. The normalized spacial score (nSPS) is 48.4. The molecule has 8 atom stereocenters. The molecule has 0 saturated heterocycles. The molecule has 0 aromatic carbocycles. The highest BCUT2D eigenvalue weighted by Crippen LogP contribution is 2.48. The molecule has 0 radical (unpaired) electrons. The predicted octanol–water partition coefficient (Wildman–Crippen LogP) is 6.00. The molecule has 28 heavy (non-hydrogen) atoms. The van der Waals surface area contributed by atoms with Gasteiger partial charge in [0.1, 0.15) is 42.9 Å². The fourth-order valence-corrected chi connectivity index (χ4v) is 5.04. The highest BCUT2D eigenvalue weighted by molar-refractivity contribution is 4.96. The van der Waals surface area contributed by atoms with E-state index in [2.05, 4.69) is 4.74 Å². The van der Waals surface area contributed by atoms with E-state index in [-0.39, 0.29) is 32.1 Å². The van der Waals surface area contributed by atoms with Crippen molar-refractivity contribution in [2.45, 2.75) is 101 Å². The Kier molecular flexibility index (Phi) is 6.82. The summed E-state index contributed by atoms with van der Waals surface area (Å²) in [6, 6.07) is 0. The summed E-state index contributed by atoms with van der Waals surface area (Å²) in [5.41, 5.74) is 0. The van der Waals surface area contributed by atoms with E-state index in [9.17, 15) is 35.1 Å². The molecule has 8 unspecified atom stereocenters. The second-order valence-electron chi connectivity index (χ2n) is 8.53. The molecular formula is C19H26F8O. The van der Waals surface area contributed by atoms with Crippen LogP contribution < -0.4 is 0 Å². The minimum Gasteiger partial charge on any atom is -0.317 e. The van der Waals surface area contributed by atoms with Crippen molar-refractivity contribution in [3.05, 3.63) is 0 Å². The fraction of sp³-hybridized carbons (Fsp3) is 1.00. The molecule has 3 fully saturated rings. The van der Waals surface area contributed by atoms with Crippen LogP contribution in [-0.2, 0) is 4.74 Å². The van der Waals surface area contributed by atoms with E-state index in [4.69, 9.17) is 0 Å². The monoisotopic (exact) mass is 422 g/mol. The van der Waals surface area contributed by atoms with Crippen molar-refractivity contribution < 1.29 is 39.9 Å². The molecule has 3 rings (SSSR count). The molecule has 1 nitrogen and oxygen atoms in total. The summed E-state index contributed by atoms with van der Waals surface area (Å²) in [4.78, 5) is 0. The van der Waals surface area contributed by atoms with Crippen LogP contribution in [0, 0.1) is 17.8 Å². The van der Waals surface area contributed by atoms with Crippen LogP contribution in [0.3, 0.4) is 0 Å². The largest absolute Gasteiger partial charge is 0.364 e. The Morgan fingerprint density at radius 1 is 0.607 bits per heavy atom. The van der Waals surface area contributed by atoms with Gasteiger partial charge in [-0.25, -0.2) is 26.3 Å². The van der Waals surface area contributed by atoms with Crippen LogP contribution in [0.25, 0.3) is 0 Å². The second kappa shape index (κ2) is 8.64. The van der Waals surface area contributed by atoms with E-state index in [1.165, 1.54) is 0 Å². The van der Waals surface area contributed by atoms with Crippen molar-refractivity contribution in [2.75, 3.05) is 0 Å². The molecule has 3 aliphatic rings. The number of ether oxygens (including phenoxy) is 1. The summed E-state index contributed by atoms with van der Waals surface area (Å²) in [6.45, 7) is 0. The maximum Gasteiger partial charge on any atom is 0.364 e. The zero-order valence-electron chi connectivity index (χ0n) is 15.4. The zero-order chi connectivity index (χ0) is 20.6. The highest BCUT2D eigenvalue weighted by atomic mass is 19.3. The third-order valence-corrected chi connectivity index (χ3v) is 6.56. The molecular weight excluding hydrogens is 396 g/mol. The lowest BCUT2D eigenvalue weighted by Gasteiger charge is -2.43. The van der Waals surface area contributed by atoms with Gasteiger partial charge in [0.25, 0.3) is 0 Å². The van der Waals surface area contributed by atoms with Gasteiger partial charge in [-0.3, -0.25) is 0 Å². The maximum atomic E-state index is 14.6. The summed E-state index contributed by atoms with van der Waals surface area (Å²) in [6.07, 6.45) is -18.6. The Morgan fingerprint density at radius 3 is 1.82 bits per heavy atom. The Hall–Kier alpha value is -0.600. The minimum absolute atomic E-state index is 0.0971. The van der Waals surface area contributed by atoms with Gasteiger partial charge in [0.2, 0.25) is 0 Å². The SMILES string of the molecule is FC1CCC(C2CC(F)C(C(F)(F)OC3CCC(F)C(F)C3)C(F)C2)C(F)C1. The van der Waals surface area contributed by atoms with Crippen LogP contribution in [-0.4, -0.2) is 49.2 Å². The van der Waals surface area contributed by atoms with Crippen LogP contribution in [0.4, 0.5) is 35.1 Å². The van der Waals surface area contributed by atoms with Gasteiger partial charge in [-0.05, 0) is 50.4 Å². The molecule has 0 heterocycles. The minimum atomic E-state index is -4.18. The van der Waals surface area contributed by atoms with E-state index >= 15 is 0 Å². The smallest absolute Gasteiger partial charge is 0.317 e. The van der Waals surface area contributed by atoms with Crippen molar-refractivity contribution in [3.8, 4) is 0 Å². The lowest BCUT2D eigenvalue weighted by Crippen LogP contribution is -2.51. The fourth-order valence-electron chi connectivity index (χ4n) is 5.04. The van der Waals surface area contributed by atoms with E-state index in [0.29, 0.717) is 0 Å². The summed E-state index contributed by atoms with van der Waals surface area (Å²) in [7, 11) is 0. The number of hydrogen-bond donors (Lipinski definition) is 0. The van der Waals surface area contributed by atoms with Gasteiger partial charge in [0.15, 0.2) is 0 Å². The van der Waals surface area contributed by atoms with E-state index < -0.39 is 86.3 Å². The quantitative estimate of drug-likeness (QED) is 0.505. The Balaban J connectivity index is 1.62. The molecule has 3 saturated carbocycles. The van der Waals surface area contributed by atoms with Crippen LogP contribution in [0.15, 0.2) is 0 Å². The average molecular weight is 422 g/mol. The number of halogens is 8. The maximum absolute atomic E-state index is 14.6. The molecule has 0 spiro atoms. The molecule has 0 aromatic heterocycles. The van der Waals surface area contributed by atoms with Gasteiger partial charge in [-0.2, -0.15) is 8.78 Å². The Morgan fingerprint density at radius 2 is 1.25 bits per heavy atom. The first-order chi connectivity index (χ1) is 13.1. The summed E-state index contributed by atoms with van der Waals surface area (Å²) in [5.74, 6) is -3.90. The van der Waals surface area contributed by atoms with Crippen molar-refractivity contribution in [1.29, 1.82) is 0 Å². The third kappa shape index (κ3) is 4.75. The first kappa shape index (κ1) is 22.1. The number of hydrogen-bond acceptors (Lipinski definition) is 1. The average Bonchev–Trinajstić information content (AvgIpc) is 2.57. The number of alkyl halides is 8. The zero-order valence-corrected chi connectivity index (χ0v) is 15.4. The van der Waals surface area contributed by atoms with Gasteiger partial charge in [-0.1, -0.05) is 0 Å². The van der Waals surface area contributed by atoms with E-state index in [1.807, 2.05) is 0 Å². The van der Waals surface area contributed by atoms with E-state index in [0.717, 1.165) is 0 Å². The van der Waals surface area contributed by atoms with Gasteiger partial charge >= 0.3 is 6.11 Å². The molecule has 0 N–H and O–H groups in total. The molecule has 9 heteroatoms. The summed E-state index contributed by atoms with van der Waals surface area (Å²) < 4.78 is 117.